The van der Waals surface area contributed by atoms with Crippen LogP contribution in [0.5, 0.6) is 0 Å². The van der Waals surface area contributed by atoms with Crippen LogP contribution in [0.4, 0.5) is 10.1 Å². The summed E-state index contributed by atoms with van der Waals surface area (Å²) >= 11 is 0. The smallest absolute Gasteiger partial charge is 0.265 e. The fourth-order valence-electron chi connectivity index (χ4n) is 1.96. The van der Waals surface area contributed by atoms with Crippen LogP contribution in [0.3, 0.4) is 0 Å². The Kier molecular flexibility index (Phi) is 3.69. The Morgan fingerprint density at radius 1 is 1.43 bits per heavy atom. The molecule has 1 aromatic carbocycles. The van der Waals surface area contributed by atoms with Crippen molar-refractivity contribution in [1.82, 2.24) is 10.2 Å². The molecule has 2 aromatic rings. The minimum absolute atomic E-state index is 0.0151. The van der Waals surface area contributed by atoms with Gasteiger partial charge >= 0.3 is 0 Å². The van der Waals surface area contributed by atoms with Crippen LogP contribution >= 0.6 is 0 Å². The molecule has 7 nitrogen and oxygen atoms in total. The summed E-state index contributed by atoms with van der Waals surface area (Å²) in [7, 11) is -3.92. The molecule has 0 saturated carbocycles. The van der Waals surface area contributed by atoms with Gasteiger partial charge in [0.2, 0.25) is 0 Å². The number of halogens is 1. The first-order valence-electron chi connectivity index (χ1n) is 5.90. The van der Waals surface area contributed by atoms with Gasteiger partial charge in [-0.3, -0.25) is 15.2 Å². The van der Waals surface area contributed by atoms with Crippen molar-refractivity contribution >= 4 is 21.5 Å². The summed E-state index contributed by atoms with van der Waals surface area (Å²) in [6.07, 6.45) is 0. The molecule has 0 fully saturated rings. The lowest BCUT2D eigenvalue weighted by atomic mass is 10.1. The number of sulfonamides is 1. The number of nitrogens with one attached hydrogen (secondary N) is 3. The Bertz CT molecular complexity index is 794. The third kappa shape index (κ3) is 2.87. The zero-order valence-electron chi connectivity index (χ0n) is 11.4. The van der Waals surface area contributed by atoms with Crippen LogP contribution in [0, 0.1) is 25.1 Å². The summed E-state index contributed by atoms with van der Waals surface area (Å²) in [5.41, 5.74) is 6.04. The largest absolute Gasteiger partial charge is 0.384 e. The van der Waals surface area contributed by atoms with E-state index in [4.69, 9.17) is 11.1 Å². The average Bonchev–Trinajstić information content (AvgIpc) is 2.71. The van der Waals surface area contributed by atoms with Crippen molar-refractivity contribution in [1.29, 1.82) is 5.41 Å². The standard InChI is InChI=1S/C12H14FN5O2S/c1-6-11(7(2)17-16-6)21(19,20)18-10-4-3-8(13)5-9(10)12(14)15/h3-5,18H,1-2H3,(H3,14,15)(H,16,17). The first-order valence-corrected chi connectivity index (χ1v) is 7.39. The van der Waals surface area contributed by atoms with Crippen LogP contribution in [0.1, 0.15) is 17.0 Å². The Labute approximate surface area is 120 Å². The number of hydrogen-bond donors (Lipinski definition) is 4. The molecule has 0 saturated heterocycles. The van der Waals surface area contributed by atoms with Crippen molar-refractivity contribution in [3.63, 3.8) is 0 Å². The maximum atomic E-state index is 13.2. The Morgan fingerprint density at radius 3 is 2.62 bits per heavy atom. The molecule has 0 atom stereocenters. The number of aromatic nitrogens is 2. The number of aryl methyl sites for hydroxylation is 2. The Balaban J connectivity index is 2.50. The highest BCUT2D eigenvalue weighted by Crippen LogP contribution is 2.23. The van der Waals surface area contributed by atoms with Crippen LogP contribution in [0.15, 0.2) is 23.1 Å². The van der Waals surface area contributed by atoms with E-state index < -0.39 is 21.7 Å². The second-order valence-electron chi connectivity index (χ2n) is 4.47. The fourth-order valence-corrected chi connectivity index (χ4v) is 3.41. The van der Waals surface area contributed by atoms with Crippen LogP contribution in [-0.2, 0) is 10.0 Å². The van der Waals surface area contributed by atoms with E-state index in [1.54, 1.807) is 13.8 Å². The van der Waals surface area contributed by atoms with Gasteiger partial charge in [0.15, 0.2) is 0 Å². The zero-order valence-corrected chi connectivity index (χ0v) is 12.2. The maximum Gasteiger partial charge on any atom is 0.265 e. The molecule has 0 spiro atoms. The number of amidine groups is 1. The van der Waals surface area contributed by atoms with Crippen LogP contribution in [-0.4, -0.2) is 24.5 Å². The molecule has 1 heterocycles. The van der Waals surface area contributed by atoms with Crippen molar-refractivity contribution in [2.75, 3.05) is 4.72 Å². The summed E-state index contributed by atoms with van der Waals surface area (Å²) in [5.74, 6) is -1.05. The van der Waals surface area contributed by atoms with E-state index in [1.165, 1.54) is 6.07 Å². The first-order chi connectivity index (χ1) is 9.72. The van der Waals surface area contributed by atoms with Gasteiger partial charge in [-0.2, -0.15) is 5.10 Å². The van der Waals surface area contributed by atoms with Crippen molar-refractivity contribution in [2.24, 2.45) is 5.73 Å². The molecular formula is C12H14FN5O2S. The molecule has 21 heavy (non-hydrogen) atoms. The number of aromatic amines is 1. The van der Waals surface area contributed by atoms with Gasteiger partial charge in [0.1, 0.15) is 16.5 Å². The zero-order chi connectivity index (χ0) is 15.8. The predicted octanol–water partition coefficient (Wildman–Crippen LogP) is 1.25. The van der Waals surface area contributed by atoms with Gasteiger partial charge < -0.3 is 5.73 Å². The third-order valence-electron chi connectivity index (χ3n) is 2.85. The van der Waals surface area contributed by atoms with Crippen molar-refractivity contribution in [2.45, 2.75) is 18.7 Å². The summed E-state index contributed by atoms with van der Waals surface area (Å²) in [4.78, 5) is 0.0151. The molecule has 2 rings (SSSR count). The predicted molar refractivity (Wildman–Crippen MR) is 76.3 cm³/mol. The molecule has 0 radical (unpaired) electrons. The summed E-state index contributed by atoms with van der Waals surface area (Å²) in [6.45, 7) is 3.12. The molecular weight excluding hydrogens is 297 g/mol. The van der Waals surface area contributed by atoms with Gasteiger partial charge in [-0.15, -0.1) is 0 Å². The van der Waals surface area contributed by atoms with E-state index in [9.17, 15) is 12.8 Å². The number of rotatable bonds is 4. The van der Waals surface area contributed by atoms with Crippen LogP contribution < -0.4 is 10.5 Å². The average molecular weight is 311 g/mol. The summed E-state index contributed by atoms with van der Waals surface area (Å²) < 4.78 is 40.3. The molecule has 0 unspecified atom stereocenters. The number of nitrogens with zero attached hydrogens (tertiary/aromatic N) is 1. The minimum atomic E-state index is -3.92. The Morgan fingerprint density at radius 2 is 2.10 bits per heavy atom. The molecule has 0 aliphatic rings. The number of benzene rings is 1. The van der Waals surface area contributed by atoms with Gasteiger partial charge in [0, 0.05) is 5.56 Å². The van der Waals surface area contributed by atoms with E-state index in [0.29, 0.717) is 11.4 Å². The number of nitrogens with two attached hydrogens (primary N) is 1. The van der Waals surface area contributed by atoms with E-state index in [-0.39, 0.29) is 16.1 Å². The second-order valence-corrected chi connectivity index (χ2v) is 6.09. The molecule has 0 amide bonds. The maximum absolute atomic E-state index is 13.2. The Hall–Kier alpha value is -2.42. The molecule has 1 aromatic heterocycles. The van der Waals surface area contributed by atoms with E-state index in [1.807, 2.05) is 0 Å². The van der Waals surface area contributed by atoms with E-state index >= 15 is 0 Å². The van der Waals surface area contributed by atoms with Gasteiger partial charge in [-0.1, -0.05) is 0 Å². The molecule has 0 aliphatic heterocycles. The lowest BCUT2D eigenvalue weighted by molar-refractivity contribution is 0.600. The van der Waals surface area contributed by atoms with Gasteiger partial charge in [-0.05, 0) is 32.0 Å². The number of anilines is 1. The highest BCUT2D eigenvalue weighted by molar-refractivity contribution is 7.92. The topological polar surface area (TPSA) is 125 Å². The lowest BCUT2D eigenvalue weighted by Crippen LogP contribution is -2.19. The molecule has 9 heteroatoms. The summed E-state index contributed by atoms with van der Waals surface area (Å²) in [5, 5.41) is 13.8. The molecule has 112 valence electrons. The van der Waals surface area contributed by atoms with E-state index in [0.717, 1.165) is 12.1 Å². The number of hydrogen-bond acceptors (Lipinski definition) is 4. The summed E-state index contributed by atoms with van der Waals surface area (Å²) in [6, 6.07) is 3.29. The highest BCUT2D eigenvalue weighted by Gasteiger charge is 2.23. The number of H-pyrrole nitrogens is 1. The van der Waals surface area contributed by atoms with Gasteiger partial charge in [0.05, 0.1) is 17.1 Å². The SMILES string of the molecule is Cc1n[nH]c(C)c1S(=O)(=O)Nc1ccc(F)cc1C(=N)N. The van der Waals surface area contributed by atoms with Crippen molar-refractivity contribution in [3.05, 3.63) is 41.0 Å². The van der Waals surface area contributed by atoms with E-state index in [2.05, 4.69) is 14.9 Å². The quantitative estimate of drug-likeness (QED) is 0.501. The molecule has 0 aliphatic carbocycles. The van der Waals surface area contributed by atoms with Crippen LogP contribution in [0.25, 0.3) is 0 Å². The third-order valence-corrected chi connectivity index (χ3v) is 4.47. The first kappa shape index (κ1) is 15.0. The van der Waals surface area contributed by atoms with Crippen LogP contribution in [0.2, 0.25) is 0 Å². The fraction of sp³-hybridized carbons (Fsp3) is 0.167. The monoisotopic (exact) mass is 311 g/mol. The lowest BCUT2D eigenvalue weighted by Gasteiger charge is -2.12. The molecule has 0 bridgehead atoms. The van der Waals surface area contributed by atoms with Crippen molar-refractivity contribution in [3.8, 4) is 0 Å². The second kappa shape index (κ2) is 5.17. The number of nitrogen functional groups attached to an aromatic ring is 1. The van der Waals surface area contributed by atoms with Gasteiger partial charge in [0.25, 0.3) is 10.0 Å². The van der Waals surface area contributed by atoms with Crippen molar-refractivity contribution < 1.29 is 12.8 Å². The highest BCUT2D eigenvalue weighted by atomic mass is 32.2. The minimum Gasteiger partial charge on any atom is -0.384 e. The molecule has 5 N–H and O–H groups in total. The van der Waals surface area contributed by atoms with Gasteiger partial charge in [-0.25, -0.2) is 12.8 Å². The normalized spacial score (nSPS) is 11.4.